The summed E-state index contributed by atoms with van der Waals surface area (Å²) in [5.74, 6) is 12.0. The molecular weight excluding hydrogens is 556 g/mol. The van der Waals surface area contributed by atoms with Crippen LogP contribution in [0.1, 0.15) is 45.1 Å². The van der Waals surface area contributed by atoms with Gasteiger partial charge in [-0.15, -0.1) is 0 Å². The highest BCUT2D eigenvalue weighted by molar-refractivity contribution is 8.14. The number of ether oxygens (including phenoxy) is 2. The molecule has 6 heteroatoms. The molecule has 4 rings (SSSR count). The zero-order chi connectivity index (χ0) is 30.6. The summed E-state index contributed by atoms with van der Waals surface area (Å²) >= 11 is 1.13. The van der Waals surface area contributed by atoms with Crippen LogP contribution in [0, 0.1) is 23.7 Å². The smallest absolute Gasteiger partial charge is 0.338 e. The monoisotopic (exact) mass is 582 g/mol. The molecule has 0 aromatic heterocycles. The largest absolute Gasteiger partial charge is 0.458 e. The van der Waals surface area contributed by atoms with Crippen LogP contribution in [0.2, 0.25) is 0 Å². The van der Waals surface area contributed by atoms with Crippen LogP contribution >= 0.6 is 11.8 Å². The Bertz CT molecular complexity index is 1780. The number of hydrogen-bond donors (Lipinski definition) is 0. The van der Waals surface area contributed by atoms with Gasteiger partial charge in [0.15, 0.2) is 0 Å². The normalized spacial score (nSPS) is 9.79. The van der Waals surface area contributed by atoms with E-state index in [1.54, 1.807) is 43.3 Å². The third kappa shape index (κ3) is 9.50. The number of carbonyl (C=O) groups excluding carboxylic acids is 3. The number of esters is 2. The summed E-state index contributed by atoms with van der Waals surface area (Å²) in [4.78, 5) is 36.3. The first-order valence-electron chi connectivity index (χ1n) is 13.1. The second-order valence-electron chi connectivity index (χ2n) is 9.19. The highest BCUT2D eigenvalue weighted by Gasteiger charge is 2.09. The Hall–Kier alpha value is -5.56. The van der Waals surface area contributed by atoms with Gasteiger partial charge in [-0.25, -0.2) is 9.59 Å². The van der Waals surface area contributed by atoms with Crippen molar-refractivity contribution in [2.75, 3.05) is 0 Å². The molecule has 0 N–H and O–H groups in total. The van der Waals surface area contributed by atoms with Crippen LogP contribution in [0.5, 0.6) is 5.75 Å². The Morgan fingerprint density at radius 2 is 1.19 bits per heavy atom. The summed E-state index contributed by atoms with van der Waals surface area (Å²) in [5.41, 5.74) is 5.00. The van der Waals surface area contributed by atoms with Crippen molar-refractivity contribution in [3.05, 3.63) is 155 Å². The number of thioether (sulfide) groups is 1. The van der Waals surface area contributed by atoms with Gasteiger partial charge in [0.25, 0.3) is 0 Å². The van der Waals surface area contributed by atoms with E-state index in [1.165, 1.54) is 0 Å². The predicted octanol–water partition coefficient (Wildman–Crippen LogP) is 7.13. The zero-order valence-corrected chi connectivity index (χ0v) is 24.2. The highest BCUT2D eigenvalue weighted by atomic mass is 32.2. The number of hydrogen-bond acceptors (Lipinski definition) is 6. The van der Waals surface area contributed by atoms with E-state index in [4.69, 9.17) is 9.47 Å². The summed E-state index contributed by atoms with van der Waals surface area (Å²) in [6.07, 6.45) is 1.12. The molecule has 0 aliphatic rings. The summed E-state index contributed by atoms with van der Waals surface area (Å²) in [7, 11) is 0. The van der Waals surface area contributed by atoms with E-state index in [-0.39, 0.29) is 11.7 Å². The molecular formula is C37H26O5S. The van der Waals surface area contributed by atoms with Crippen molar-refractivity contribution >= 4 is 28.8 Å². The van der Waals surface area contributed by atoms with Crippen molar-refractivity contribution in [1.82, 2.24) is 0 Å². The molecule has 0 aliphatic carbocycles. The average Bonchev–Trinajstić information content (AvgIpc) is 3.03. The van der Waals surface area contributed by atoms with Crippen molar-refractivity contribution in [3.8, 4) is 29.4 Å². The molecule has 0 saturated carbocycles. The Morgan fingerprint density at radius 1 is 0.721 bits per heavy atom. The molecule has 43 heavy (non-hydrogen) atoms. The van der Waals surface area contributed by atoms with Gasteiger partial charge in [0.05, 0.1) is 0 Å². The van der Waals surface area contributed by atoms with Crippen molar-refractivity contribution in [2.45, 2.75) is 18.4 Å². The lowest BCUT2D eigenvalue weighted by Crippen LogP contribution is -2.07. The minimum Gasteiger partial charge on any atom is -0.458 e. The van der Waals surface area contributed by atoms with Gasteiger partial charge in [0.2, 0.25) is 5.12 Å². The van der Waals surface area contributed by atoms with Gasteiger partial charge in [-0.3, -0.25) is 4.79 Å². The number of carbonyl (C=O) groups is 3. The maximum absolute atomic E-state index is 12.7. The molecule has 4 aromatic carbocycles. The molecule has 0 spiro atoms. The van der Waals surface area contributed by atoms with Gasteiger partial charge in [-0.2, -0.15) is 0 Å². The molecule has 0 radical (unpaired) electrons. The Balaban J connectivity index is 1.30. The third-order valence-corrected chi connectivity index (χ3v) is 6.73. The van der Waals surface area contributed by atoms with Crippen LogP contribution < -0.4 is 4.74 Å². The van der Waals surface area contributed by atoms with E-state index in [9.17, 15) is 14.4 Å². The van der Waals surface area contributed by atoms with Crippen molar-refractivity contribution in [2.24, 2.45) is 0 Å². The third-order valence-electron chi connectivity index (χ3n) is 5.80. The molecule has 0 fully saturated rings. The highest BCUT2D eigenvalue weighted by Crippen LogP contribution is 2.24. The Kier molecular flexibility index (Phi) is 10.5. The van der Waals surface area contributed by atoms with Crippen LogP contribution in [-0.2, 0) is 20.9 Å². The van der Waals surface area contributed by atoms with Gasteiger partial charge in [-0.1, -0.05) is 49.0 Å². The van der Waals surface area contributed by atoms with Crippen molar-refractivity contribution in [1.29, 1.82) is 0 Å². The van der Waals surface area contributed by atoms with Gasteiger partial charge >= 0.3 is 11.9 Å². The number of rotatable bonds is 7. The van der Waals surface area contributed by atoms with Gasteiger partial charge in [0.1, 0.15) is 12.4 Å². The lowest BCUT2D eigenvalue weighted by molar-refractivity contribution is -0.139. The second kappa shape index (κ2) is 14.9. The van der Waals surface area contributed by atoms with Crippen molar-refractivity contribution in [3.63, 3.8) is 0 Å². The molecule has 0 unspecified atom stereocenters. The van der Waals surface area contributed by atoms with E-state index in [0.717, 1.165) is 50.6 Å². The average molecular weight is 583 g/mol. The Labute approximate surface area is 255 Å². The lowest BCUT2D eigenvalue weighted by Gasteiger charge is -2.04. The van der Waals surface area contributed by atoms with E-state index < -0.39 is 11.9 Å². The fourth-order valence-corrected chi connectivity index (χ4v) is 4.19. The fourth-order valence-electron chi connectivity index (χ4n) is 3.45. The summed E-state index contributed by atoms with van der Waals surface area (Å²) in [5, 5.41) is -0.0794. The molecule has 0 amide bonds. The maximum Gasteiger partial charge on any atom is 0.338 e. The summed E-state index contributed by atoms with van der Waals surface area (Å²) < 4.78 is 10.2. The molecule has 0 atom stereocenters. The van der Waals surface area contributed by atoms with E-state index in [0.29, 0.717) is 16.9 Å². The standard InChI is InChI=1S/C37H26O5S/c1-4-35(38)41-25-31-17-23-34(24-18-31)43-37(40)32-19-13-29(14-20-32)11-9-27-5-7-28(8-6-27)10-12-30-15-21-33(22-16-30)42-36(39)26(2)3/h4-8,13-24H,1-2,25H2,3H3. The van der Waals surface area contributed by atoms with Gasteiger partial charge < -0.3 is 9.47 Å². The predicted molar refractivity (Wildman–Crippen MR) is 168 cm³/mol. The van der Waals surface area contributed by atoms with Crippen LogP contribution in [0.15, 0.2) is 127 Å². The minimum absolute atomic E-state index is 0.0794. The van der Waals surface area contributed by atoms with E-state index in [1.807, 2.05) is 60.7 Å². The first kappa shape index (κ1) is 30.4. The quantitative estimate of drug-likeness (QED) is 0.0759. The lowest BCUT2D eigenvalue weighted by atomic mass is 10.1. The van der Waals surface area contributed by atoms with Crippen molar-refractivity contribution < 1.29 is 23.9 Å². The molecule has 4 aromatic rings. The molecule has 0 heterocycles. The minimum atomic E-state index is -0.479. The van der Waals surface area contributed by atoms with Crippen LogP contribution in [0.4, 0.5) is 0 Å². The topological polar surface area (TPSA) is 69.7 Å². The molecule has 0 saturated heterocycles. The molecule has 210 valence electrons. The van der Waals surface area contributed by atoms with E-state index >= 15 is 0 Å². The summed E-state index contributed by atoms with van der Waals surface area (Å²) in [6, 6.07) is 29.0. The van der Waals surface area contributed by atoms with Crippen LogP contribution in [-0.4, -0.2) is 17.1 Å². The van der Waals surface area contributed by atoms with Crippen LogP contribution in [0.3, 0.4) is 0 Å². The van der Waals surface area contributed by atoms with E-state index in [2.05, 4.69) is 36.8 Å². The molecule has 0 aliphatic heterocycles. The number of benzene rings is 4. The SMILES string of the molecule is C=CC(=O)OCc1ccc(SC(=O)c2ccc(C#Cc3ccc(C#Cc4ccc(OC(=O)C(=C)C)cc4)cc3)cc2)cc1. The fraction of sp³-hybridized carbons (Fsp3) is 0.0541. The molecule has 5 nitrogen and oxygen atoms in total. The van der Waals surface area contributed by atoms with Crippen LogP contribution in [0.25, 0.3) is 0 Å². The summed E-state index contributed by atoms with van der Waals surface area (Å²) in [6.45, 7) is 8.68. The Morgan fingerprint density at radius 3 is 1.65 bits per heavy atom. The maximum atomic E-state index is 12.7. The van der Waals surface area contributed by atoms with Gasteiger partial charge in [0, 0.05) is 44.4 Å². The first-order valence-corrected chi connectivity index (χ1v) is 13.9. The first-order chi connectivity index (χ1) is 20.8. The zero-order valence-electron chi connectivity index (χ0n) is 23.4. The van der Waals surface area contributed by atoms with Gasteiger partial charge in [-0.05, 0) is 109 Å². The molecule has 0 bridgehead atoms. The second-order valence-corrected chi connectivity index (χ2v) is 10.2.